The second-order valence-electron chi connectivity index (χ2n) is 16.2. The lowest BCUT2D eigenvalue weighted by Gasteiger charge is -2.38. The molecule has 3 aromatic rings. The minimum absolute atomic E-state index is 0.107. The molecule has 2 aromatic heterocycles. The van der Waals surface area contributed by atoms with Gasteiger partial charge in [-0.3, -0.25) is 24.9 Å². The quantitative estimate of drug-likeness (QED) is 0.0854. The highest BCUT2D eigenvalue weighted by Gasteiger charge is 2.46. The Labute approximate surface area is 342 Å². The minimum Gasteiger partial charge on any atom is -0.376 e. The van der Waals surface area contributed by atoms with Gasteiger partial charge in [0.05, 0.1) is 48.3 Å². The Morgan fingerprint density at radius 1 is 0.931 bits per heavy atom. The molecule has 7 rings (SSSR count). The van der Waals surface area contributed by atoms with E-state index in [2.05, 4.69) is 62.1 Å². The Hall–Kier alpha value is -4.83. The molecule has 3 aliphatic heterocycles. The number of aryl methyl sites for hydroxylation is 1. The Balaban J connectivity index is 0.959. The van der Waals surface area contributed by atoms with Gasteiger partial charge in [-0.05, 0) is 131 Å². The largest absolute Gasteiger partial charge is 0.376 e. The smallest absolute Gasteiger partial charge is 0.142 e. The number of pyridine rings is 2. The van der Waals surface area contributed by atoms with E-state index < -0.39 is 0 Å². The van der Waals surface area contributed by atoms with E-state index in [4.69, 9.17) is 31.1 Å². The summed E-state index contributed by atoms with van der Waals surface area (Å²) in [4.78, 5) is 21.4. The highest BCUT2D eigenvalue weighted by Crippen LogP contribution is 2.50. The second kappa shape index (κ2) is 20.2. The summed E-state index contributed by atoms with van der Waals surface area (Å²) in [6, 6.07) is 12.1. The lowest BCUT2D eigenvalue weighted by Crippen LogP contribution is -2.37. The fourth-order valence-corrected chi connectivity index (χ4v) is 8.64. The SMILES string of the molecule is Cc1cc(C2CCN(C(c3ccccn3)C3CC3C#Cc3ccc(/C(C=NCC4CCCCO4)=N/N)c(C)c3F)CC2)cnc1C/C(C=NCC1CCCCO1)=N/N. The van der Waals surface area contributed by atoms with Crippen LogP contribution in [-0.2, 0) is 15.9 Å². The van der Waals surface area contributed by atoms with Gasteiger partial charge in [-0.2, -0.15) is 10.2 Å². The first-order valence-corrected chi connectivity index (χ1v) is 21.1. The van der Waals surface area contributed by atoms with Crippen molar-refractivity contribution in [2.75, 3.05) is 39.4 Å². The molecule has 1 aromatic carbocycles. The molecule has 4 aliphatic rings. The van der Waals surface area contributed by atoms with E-state index in [1.807, 2.05) is 24.5 Å². The maximum absolute atomic E-state index is 15.7. The average molecular weight is 788 g/mol. The predicted molar refractivity (Wildman–Crippen MR) is 229 cm³/mol. The number of nitrogens with two attached hydrogens (primary N) is 2. The van der Waals surface area contributed by atoms with Crippen molar-refractivity contribution in [3.05, 3.63) is 93.8 Å². The zero-order chi connectivity index (χ0) is 40.3. The van der Waals surface area contributed by atoms with Gasteiger partial charge in [-0.15, -0.1) is 0 Å². The number of likely N-dealkylation sites (tertiary alicyclic amines) is 1. The van der Waals surface area contributed by atoms with Gasteiger partial charge < -0.3 is 21.2 Å². The van der Waals surface area contributed by atoms with Crippen molar-refractivity contribution >= 4 is 23.9 Å². The molecule has 0 amide bonds. The van der Waals surface area contributed by atoms with E-state index in [-0.39, 0.29) is 30.0 Å². The van der Waals surface area contributed by atoms with Crippen LogP contribution in [0.5, 0.6) is 0 Å². The molecule has 1 saturated carbocycles. The molecule has 0 spiro atoms. The number of piperidine rings is 1. The van der Waals surface area contributed by atoms with E-state index >= 15 is 4.39 Å². The normalized spacial score (nSPS) is 24.2. The summed E-state index contributed by atoms with van der Waals surface area (Å²) >= 11 is 0. The monoisotopic (exact) mass is 787 g/mol. The van der Waals surface area contributed by atoms with E-state index in [1.54, 1.807) is 25.4 Å². The van der Waals surface area contributed by atoms with E-state index in [9.17, 15) is 0 Å². The van der Waals surface area contributed by atoms with Crippen molar-refractivity contribution in [1.29, 1.82) is 0 Å². The number of aliphatic imine (C=N–C) groups is 2. The van der Waals surface area contributed by atoms with Gasteiger partial charge >= 0.3 is 0 Å². The van der Waals surface area contributed by atoms with Crippen LogP contribution in [0, 0.1) is 43.3 Å². The molecule has 0 bridgehead atoms. The average Bonchev–Trinajstić information content (AvgIpc) is 4.03. The maximum atomic E-state index is 15.7. The third-order valence-electron chi connectivity index (χ3n) is 12.2. The second-order valence-corrected chi connectivity index (χ2v) is 16.2. The number of rotatable bonds is 13. The molecule has 58 heavy (non-hydrogen) atoms. The molecule has 0 radical (unpaired) electrons. The molecule has 5 unspecified atom stereocenters. The number of aromatic nitrogens is 2. The van der Waals surface area contributed by atoms with Crippen molar-refractivity contribution in [2.24, 2.45) is 43.7 Å². The van der Waals surface area contributed by atoms with Crippen molar-refractivity contribution < 1.29 is 13.9 Å². The van der Waals surface area contributed by atoms with Gasteiger partial charge in [0, 0.05) is 61.6 Å². The van der Waals surface area contributed by atoms with Crippen molar-refractivity contribution in [1.82, 2.24) is 14.9 Å². The van der Waals surface area contributed by atoms with Gasteiger partial charge in [-0.1, -0.05) is 30.0 Å². The molecule has 5 heterocycles. The Kier molecular flexibility index (Phi) is 14.4. The standard InChI is InChI=1S/C46H58FN9O2/c1-31-23-36(26-53-43(31)25-37(54-48)27-50-28-38-9-4-7-21-57-38)33-16-19-56(20-17-33)46(42-11-3-6-18-52-42)41-24-35(41)13-12-34-14-15-40(32(2)45(34)47)44(55-49)30-51-29-39-10-5-8-22-58-39/h3,6,11,14-15,18,23,26-27,30,33,35,38-39,41,46H,4-5,7-10,16-17,19-22,24-25,28-29,48-49H2,1-2H3/b50-27?,51-30?,54-37-,55-44+. The van der Waals surface area contributed by atoms with Crippen LogP contribution in [0.3, 0.4) is 0 Å². The van der Waals surface area contributed by atoms with E-state index in [1.165, 1.54) is 12.0 Å². The molecule has 4 fully saturated rings. The van der Waals surface area contributed by atoms with Crippen LogP contribution >= 0.6 is 0 Å². The Morgan fingerprint density at radius 2 is 1.67 bits per heavy atom. The lowest BCUT2D eigenvalue weighted by molar-refractivity contribution is 0.0225. The molecule has 1 aliphatic carbocycles. The first-order chi connectivity index (χ1) is 28.4. The summed E-state index contributed by atoms with van der Waals surface area (Å²) in [5.74, 6) is 18.6. The molecule has 4 N–H and O–H groups in total. The van der Waals surface area contributed by atoms with E-state index in [0.29, 0.717) is 59.5 Å². The minimum atomic E-state index is -0.351. The number of halogens is 1. The third kappa shape index (κ3) is 10.6. The maximum Gasteiger partial charge on any atom is 0.142 e. The van der Waals surface area contributed by atoms with Crippen LogP contribution in [0.4, 0.5) is 4.39 Å². The topological polar surface area (TPSA) is 149 Å². The summed E-state index contributed by atoms with van der Waals surface area (Å²) in [5.41, 5.74) is 7.04. The molecular formula is C46H58FN9O2. The van der Waals surface area contributed by atoms with Crippen LogP contribution in [0.25, 0.3) is 0 Å². The number of benzene rings is 1. The van der Waals surface area contributed by atoms with Gasteiger partial charge in [0.15, 0.2) is 0 Å². The lowest BCUT2D eigenvalue weighted by atomic mass is 9.88. The summed E-state index contributed by atoms with van der Waals surface area (Å²) in [5, 5.41) is 7.91. The van der Waals surface area contributed by atoms with Gasteiger partial charge in [-0.25, -0.2) is 4.39 Å². The Bertz CT molecular complexity index is 2020. The molecule has 5 atom stereocenters. The van der Waals surface area contributed by atoms with Crippen LogP contribution in [-0.4, -0.2) is 90.3 Å². The van der Waals surface area contributed by atoms with Gasteiger partial charge in [0.2, 0.25) is 0 Å². The number of hydrazone groups is 2. The number of ether oxygens (including phenoxy) is 2. The summed E-state index contributed by atoms with van der Waals surface area (Å²) in [7, 11) is 0. The molecule has 3 saturated heterocycles. The van der Waals surface area contributed by atoms with Crippen LogP contribution in [0.2, 0.25) is 0 Å². The molecule has 12 heteroatoms. The highest BCUT2D eigenvalue weighted by atomic mass is 19.1. The molecular weight excluding hydrogens is 730 g/mol. The number of nitrogens with zero attached hydrogens (tertiary/aromatic N) is 7. The predicted octanol–water partition coefficient (Wildman–Crippen LogP) is 6.64. The van der Waals surface area contributed by atoms with Crippen molar-refractivity contribution in [3.8, 4) is 11.8 Å². The first-order valence-electron chi connectivity index (χ1n) is 21.1. The fourth-order valence-electron chi connectivity index (χ4n) is 8.64. The van der Waals surface area contributed by atoms with Crippen molar-refractivity contribution in [2.45, 2.75) is 102 Å². The van der Waals surface area contributed by atoms with Crippen molar-refractivity contribution in [3.63, 3.8) is 0 Å². The Morgan fingerprint density at radius 3 is 2.31 bits per heavy atom. The highest BCUT2D eigenvalue weighted by molar-refractivity contribution is 6.38. The van der Waals surface area contributed by atoms with Crippen LogP contribution < -0.4 is 11.7 Å². The number of hydrogen-bond acceptors (Lipinski definition) is 11. The summed E-state index contributed by atoms with van der Waals surface area (Å²) in [6.07, 6.45) is 17.7. The summed E-state index contributed by atoms with van der Waals surface area (Å²) < 4.78 is 27.3. The zero-order valence-electron chi connectivity index (χ0n) is 34.0. The van der Waals surface area contributed by atoms with Crippen LogP contribution in [0.1, 0.15) is 109 Å². The molecule has 306 valence electrons. The zero-order valence-corrected chi connectivity index (χ0v) is 34.0. The summed E-state index contributed by atoms with van der Waals surface area (Å²) in [6.45, 7) is 8.51. The first kappa shape index (κ1) is 41.3. The fraction of sp³-hybridized carbons (Fsp3) is 0.522. The van der Waals surface area contributed by atoms with E-state index in [0.717, 1.165) is 94.6 Å². The molecule has 11 nitrogen and oxygen atoms in total. The third-order valence-corrected chi connectivity index (χ3v) is 12.2. The van der Waals surface area contributed by atoms with Crippen LogP contribution in [0.15, 0.2) is 69.0 Å². The van der Waals surface area contributed by atoms with Gasteiger partial charge in [0.25, 0.3) is 0 Å². The van der Waals surface area contributed by atoms with Gasteiger partial charge in [0.1, 0.15) is 11.5 Å². The number of hydrogen-bond donors (Lipinski definition) is 2.